The molecule has 1 fully saturated rings. The molecule has 0 spiro atoms. The Morgan fingerprint density at radius 3 is 2.33 bits per heavy atom. The molecule has 0 bridgehead atoms. The molecule has 0 radical (unpaired) electrons. The zero-order valence-electron chi connectivity index (χ0n) is 21.9. The number of benzene rings is 1. The van der Waals surface area contributed by atoms with E-state index in [1.165, 1.54) is 12.3 Å². The summed E-state index contributed by atoms with van der Waals surface area (Å²) in [5, 5.41) is 4.89. The standard InChI is InChI=1S/C27H35N3O9/c1-2-36-13-14-38-17-18-39-16-15-37-12-5-3-4-9-22(31)28-20-8-6-7-19-24(20)27(35)30(26(19)34)21-10-11-23(32)29-25(21)33/h2,6-8,21H,1,3-5,9-18H2,(H,28,31)(H,29,32,33). The van der Waals surface area contributed by atoms with E-state index in [4.69, 9.17) is 18.9 Å². The summed E-state index contributed by atoms with van der Waals surface area (Å²) in [6, 6.07) is 3.54. The van der Waals surface area contributed by atoms with E-state index in [1.54, 1.807) is 12.1 Å². The fourth-order valence-electron chi connectivity index (χ4n) is 4.23. The van der Waals surface area contributed by atoms with Gasteiger partial charge in [-0.1, -0.05) is 19.1 Å². The molecule has 12 nitrogen and oxygen atoms in total. The topological polar surface area (TPSA) is 150 Å². The van der Waals surface area contributed by atoms with Gasteiger partial charge in [0.15, 0.2) is 0 Å². The van der Waals surface area contributed by atoms with Crippen LogP contribution in [0.3, 0.4) is 0 Å². The van der Waals surface area contributed by atoms with E-state index in [0.717, 1.165) is 17.7 Å². The van der Waals surface area contributed by atoms with E-state index in [1.807, 2.05) is 0 Å². The maximum Gasteiger partial charge on any atom is 0.264 e. The maximum atomic E-state index is 13.1. The summed E-state index contributed by atoms with van der Waals surface area (Å²) in [7, 11) is 0. The lowest BCUT2D eigenvalue weighted by molar-refractivity contribution is -0.136. The molecule has 0 saturated carbocycles. The fourth-order valence-corrected chi connectivity index (χ4v) is 4.23. The summed E-state index contributed by atoms with van der Waals surface area (Å²) in [5.41, 5.74) is 0.406. The van der Waals surface area contributed by atoms with Crippen molar-refractivity contribution in [1.82, 2.24) is 10.2 Å². The predicted octanol–water partition coefficient (Wildman–Crippen LogP) is 1.80. The van der Waals surface area contributed by atoms with Crippen molar-refractivity contribution in [3.05, 3.63) is 42.2 Å². The number of hydrogen-bond donors (Lipinski definition) is 2. The zero-order valence-corrected chi connectivity index (χ0v) is 21.9. The molecule has 2 N–H and O–H groups in total. The summed E-state index contributed by atoms with van der Waals surface area (Å²) in [5.74, 6) is -2.68. The number of hydrogen-bond acceptors (Lipinski definition) is 9. The normalized spacial score (nSPS) is 16.7. The van der Waals surface area contributed by atoms with Crippen LogP contribution in [0, 0.1) is 0 Å². The minimum atomic E-state index is -1.06. The Labute approximate surface area is 227 Å². The van der Waals surface area contributed by atoms with E-state index in [-0.39, 0.29) is 42.0 Å². The molecule has 1 aromatic carbocycles. The van der Waals surface area contributed by atoms with Crippen molar-refractivity contribution in [2.75, 3.05) is 51.6 Å². The Morgan fingerprint density at radius 2 is 1.64 bits per heavy atom. The third-order valence-electron chi connectivity index (χ3n) is 6.14. The number of carbonyl (C=O) groups is 5. The third kappa shape index (κ3) is 8.70. The van der Waals surface area contributed by atoms with Crippen LogP contribution in [0.25, 0.3) is 0 Å². The number of ether oxygens (including phenoxy) is 4. The second kappa shape index (κ2) is 15.7. The van der Waals surface area contributed by atoms with Gasteiger partial charge in [0, 0.05) is 19.4 Å². The Hall–Kier alpha value is -3.61. The lowest BCUT2D eigenvalue weighted by Gasteiger charge is -2.27. The van der Waals surface area contributed by atoms with Gasteiger partial charge in [-0.2, -0.15) is 0 Å². The van der Waals surface area contributed by atoms with Crippen molar-refractivity contribution in [3.63, 3.8) is 0 Å². The van der Waals surface area contributed by atoms with E-state index >= 15 is 0 Å². The van der Waals surface area contributed by atoms with Gasteiger partial charge in [0.2, 0.25) is 17.7 Å². The molecular formula is C27H35N3O9. The highest BCUT2D eigenvalue weighted by Gasteiger charge is 2.45. The molecule has 3 rings (SSSR count). The summed E-state index contributed by atoms with van der Waals surface area (Å²) in [6.07, 6.45) is 3.91. The van der Waals surface area contributed by atoms with Gasteiger partial charge in [-0.15, -0.1) is 0 Å². The van der Waals surface area contributed by atoms with Crippen LogP contribution in [-0.4, -0.2) is 86.7 Å². The number of unbranched alkanes of at least 4 members (excludes halogenated alkanes) is 2. The summed E-state index contributed by atoms with van der Waals surface area (Å²) < 4.78 is 21.2. The Kier molecular flexibility index (Phi) is 12.1. The van der Waals surface area contributed by atoms with E-state index in [2.05, 4.69) is 17.2 Å². The third-order valence-corrected chi connectivity index (χ3v) is 6.14. The van der Waals surface area contributed by atoms with Crippen LogP contribution in [0.1, 0.15) is 59.2 Å². The van der Waals surface area contributed by atoms with Crippen molar-refractivity contribution in [3.8, 4) is 0 Å². The molecule has 1 saturated heterocycles. The van der Waals surface area contributed by atoms with Gasteiger partial charge in [0.25, 0.3) is 11.8 Å². The molecular weight excluding hydrogens is 510 g/mol. The monoisotopic (exact) mass is 545 g/mol. The number of carbonyl (C=O) groups excluding carboxylic acids is 5. The number of fused-ring (bicyclic) bond motifs is 1. The average Bonchev–Trinajstić information content (AvgIpc) is 3.17. The number of rotatable bonds is 18. The van der Waals surface area contributed by atoms with Crippen molar-refractivity contribution >= 4 is 35.2 Å². The van der Waals surface area contributed by atoms with Crippen LogP contribution in [-0.2, 0) is 33.3 Å². The molecule has 12 heteroatoms. The molecule has 39 heavy (non-hydrogen) atoms. The van der Waals surface area contributed by atoms with Crippen LogP contribution >= 0.6 is 0 Å². The average molecular weight is 546 g/mol. The molecule has 1 aromatic rings. The van der Waals surface area contributed by atoms with Crippen molar-refractivity contribution in [2.24, 2.45) is 0 Å². The Bertz CT molecular complexity index is 1060. The molecule has 2 heterocycles. The molecule has 212 valence electrons. The molecule has 1 atom stereocenters. The number of imide groups is 2. The highest BCUT2D eigenvalue weighted by molar-refractivity contribution is 6.26. The predicted molar refractivity (Wildman–Crippen MR) is 139 cm³/mol. The van der Waals surface area contributed by atoms with Crippen molar-refractivity contribution < 1.29 is 42.9 Å². The van der Waals surface area contributed by atoms with Gasteiger partial charge in [-0.25, -0.2) is 0 Å². The van der Waals surface area contributed by atoms with E-state index in [0.29, 0.717) is 52.7 Å². The number of amides is 5. The Balaban J connectivity index is 1.31. The number of piperidine rings is 1. The van der Waals surface area contributed by atoms with Crippen LogP contribution in [0.15, 0.2) is 31.0 Å². The molecule has 1 unspecified atom stereocenters. The smallest absolute Gasteiger partial charge is 0.264 e. The molecule has 2 aliphatic heterocycles. The molecule has 5 amide bonds. The second-order valence-electron chi connectivity index (χ2n) is 8.91. The lowest BCUT2D eigenvalue weighted by Crippen LogP contribution is -2.54. The highest BCUT2D eigenvalue weighted by Crippen LogP contribution is 2.32. The van der Waals surface area contributed by atoms with E-state index < -0.39 is 29.7 Å². The van der Waals surface area contributed by atoms with Crippen LogP contribution in [0.5, 0.6) is 0 Å². The van der Waals surface area contributed by atoms with Gasteiger partial charge >= 0.3 is 0 Å². The second-order valence-corrected chi connectivity index (χ2v) is 8.91. The number of anilines is 1. The van der Waals surface area contributed by atoms with E-state index in [9.17, 15) is 24.0 Å². The maximum absolute atomic E-state index is 13.1. The molecule has 0 aromatic heterocycles. The minimum Gasteiger partial charge on any atom is -0.499 e. The molecule has 0 aliphatic carbocycles. The van der Waals surface area contributed by atoms with Crippen molar-refractivity contribution in [1.29, 1.82) is 0 Å². The van der Waals surface area contributed by atoms with Gasteiger partial charge in [-0.05, 0) is 31.4 Å². The quantitative estimate of drug-likeness (QED) is 0.160. The number of nitrogens with zero attached hydrogens (tertiary/aromatic N) is 1. The first-order chi connectivity index (χ1) is 18.9. The van der Waals surface area contributed by atoms with Crippen LogP contribution < -0.4 is 10.6 Å². The SMILES string of the molecule is C=COCCOCCOCCOCCCCCC(=O)Nc1cccc2c1C(=O)N(C1CCC(=O)NC1=O)C2=O. The van der Waals surface area contributed by atoms with Crippen LogP contribution in [0.2, 0.25) is 0 Å². The Morgan fingerprint density at radius 1 is 0.949 bits per heavy atom. The molecule has 2 aliphatic rings. The van der Waals surface area contributed by atoms with Gasteiger partial charge < -0.3 is 24.3 Å². The lowest BCUT2D eigenvalue weighted by atomic mass is 10.0. The minimum absolute atomic E-state index is 0.0368. The highest BCUT2D eigenvalue weighted by atomic mass is 16.6. The van der Waals surface area contributed by atoms with Crippen molar-refractivity contribution in [2.45, 2.75) is 44.6 Å². The first-order valence-corrected chi connectivity index (χ1v) is 13.0. The summed E-state index contributed by atoms with van der Waals surface area (Å²) in [6.45, 7) is 6.86. The zero-order chi connectivity index (χ0) is 28.0. The van der Waals surface area contributed by atoms with Gasteiger partial charge in [0.05, 0.1) is 56.1 Å². The van der Waals surface area contributed by atoms with Gasteiger partial charge in [0.1, 0.15) is 12.6 Å². The summed E-state index contributed by atoms with van der Waals surface area (Å²) >= 11 is 0. The fraction of sp³-hybridized carbons (Fsp3) is 0.519. The first-order valence-electron chi connectivity index (χ1n) is 13.0. The first kappa shape index (κ1) is 29.9. The largest absolute Gasteiger partial charge is 0.499 e. The van der Waals surface area contributed by atoms with Gasteiger partial charge in [-0.3, -0.25) is 34.2 Å². The number of nitrogens with one attached hydrogen (secondary N) is 2. The summed E-state index contributed by atoms with van der Waals surface area (Å²) in [4.78, 5) is 63.1. The van der Waals surface area contributed by atoms with Crippen LogP contribution in [0.4, 0.5) is 5.69 Å².